The summed E-state index contributed by atoms with van der Waals surface area (Å²) in [5.74, 6) is 0.367. The molecule has 0 saturated heterocycles. The molecule has 0 unspecified atom stereocenters. The molecule has 1 aliphatic heterocycles. The maximum absolute atomic E-state index is 5.45. The first-order valence-electron chi connectivity index (χ1n) is 8.73. The fourth-order valence-electron chi connectivity index (χ4n) is 2.61. The molecule has 1 heterocycles. The van der Waals surface area contributed by atoms with Gasteiger partial charge >= 0.3 is 0 Å². The highest BCUT2D eigenvalue weighted by Gasteiger charge is 2.27. The van der Waals surface area contributed by atoms with E-state index in [1.54, 1.807) is 18.1 Å². The summed E-state index contributed by atoms with van der Waals surface area (Å²) in [6.45, 7) is 11.1. The minimum Gasteiger partial charge on any atom is -0.457 e. The molecule has 0 aromatic carbocycles. The van der Waals surface area contributed by atoms with Crippen LogP contribution in [0.15, 0.2) is 35.8 Å². The van der Waals surface area contributed by atoms with E-state index in [0.717, 1.165) is 31.6 Å². The molecule has 0 atom stereocenters. The summed E-state index contributed by atoms with van der Waals surface area (Å²) in [5, 5.41) is 0. The van der Waals surface area contributed by atoms with Crippen molar-refractivity contribution in [2.24, 2.45) is 5.92 Å². The summed E-state index contributed by atoms with van der Waals surface area (Å²) >= 11 is 0. The van der Waals surface area contributed by atoms with E-state index in [9.17, 15) is 0 Å². The molecule has 0 bridgehead atoms. The highest BCUT2D eigenvalue weighted by Crippen LogP contribution is 2.25. The van der Waals surface area contributed by atoms with Gasteiger partial charge in [0.15, 0.2) is 0 Å². The Kier molecular flexibility index (Phi) is 8.37. The van der Waals surface area contributed by atoms with Crippen molar-refractivity contribution in [3.05, 3.63) is 35.8 Å². The van der Waals surface area contributed by atoms with Crippen LogP contribution in [-0.2, 0) is 9.47 Å². The van der Waals surface area contributed by atoms with Crippen LogP contribution in [0.5, 0.6) is 0 Å². The van der Waals surface area contributed by atoms with Gasteiger partial charge in [0.05, 0.1) is 0 Å². The molecule has 22 heavy (non-hydrogen) atoms. The van der Waals surface area contributed by atoms with Crippen molar-refractivity contribution in [1.82, 2.24) is 0 Å². The minimum atomic E-state index is -0.455. The van der Waals surface area contributed by atoms with E-state index in [4.69, 9.17) is 9.47 Å². The third-order valence-corrected chi connectivity index (χ3v) is 4.17. The molecule has 0 amide bonds. The molecule has 0 aliphatic carbocycles. The largest absolute Gasteiger partial charge is 0.457 e. The number of rotatable bonds is 10. The molecular formula is C20H34O2. The molecule has 0 saturated carbocycles. The molecular weight excluding hydrogens is 272 g/mol. The molecule has 1 aliphatic rings. The van der Waals surface area contributed by atoms with Gasteiger partial charge in [0, 0.05) is 13.3 Å². The van der Waals surface area contributed by atoms with Crippen molar-refractivity contribution >= 4 is 0 Å². The highest BCUT2D eigenvalue weighted by atomic mass is 16.7. The third-order valence-electron chi connectivity index (χ3n) is 4.17. The molecule has 2 nitrogen and oxygen atoms in total. The van der Waals surface area contributed by atoms with Gasteiger partial charge in [0.1, 0.15) is 12.5 Å². The molecule has 0 aromatic heterocycles. The minimum absolute atomic E-state index is 0.455. The van der Waals surface area contributed by atoms with Crippen LogP contribution < -0.4 is 0 Å². The lowest BCUT2D eigenvalue weighted by molar-refractivity contribution is -0.129. The average molecular weight is 306 g/mol. The van der Waals surface area contributed by atoms with Crippen LogP contribution in [0.1, 0.15) is 79.6 Å². The van der Waals surface area contributed by atoms with Crippen molar-refractivity contribution in [2.45, 2.75) is 85.4 Å². The smallest absolute Gasteiger partial charge is 0.247 e. The lowest BCUT2D eigenvalue weighted by atomic mass is 10.0. The SMILES string of the molecule is CC(=CCCC1(C)OC=CO1)CCC=C(C)CCCC(C)C. The van der Waals surface area contributed by atoms with Crippen LogP contribution in [0.25, 0.3) is 0 Å². The van der Waals surface area contributed by atoms with Gasteiger partial charge < -0.3 is 9.47 Å². The fourth-order valence-corrected chi connectivity index (χ4v) is 2.61. The van der Waals surface area contributed by atoms with Crippen LogP contribution in [0.4, 0.5) is 0 Å². The summed E-state index contributed by atoms with van der Waals surface area (Å²) in [6.07, 6.45) is 16.1. The Balaban J connectivity index is 2.16. The first kappa shape index (κ1) is 18.9. The van der Waals surface area contributed by atoms with Crippen LogP contribution in [-0.4, -0.2) is 5.79 Å². The number of hydrogen-bond donors (Lipinski definition) is 0. The Morgan fingerprint density at radius 2 is 1.59 bits per heavy atom. The first-order valence-corrected chi connectivity index (χ1v) is 8.73. The predicted octanol–water partition coefficient (Wildman–Crippen LogP) is 6.50. The van der Waals surface area contributed by atoms with E-state index in [2.05, 4.69) is 39.8 Å². The van der Waals surface area contributed by atoms with Crippen molar-refractivity contribution < 1.29 is 9.47 Å². The van der Waals surface area contributed by atoms with Gasteiger partial charge in [-0.25, -0.2) is 0 Å². The van der Waals surface area contributed by atoms with E-state index in [-0.39, 0.29) is 0 Å². The lowest BCUT2D eigenvalue weighted by Crippen LogP contribution is -2.24. The second-order valence-corrected chi connectivity index (χ2v) is 7.11. The van der Waals surface area contributed by atoms with Gasteiger partial charge in [-0.15, -0.1) is 0 Å². The van der Waals surface area contributed by atoms with E-state index in [0.29, 0.717) is 0 Å². The molecule has 0 fully saturated rings. The van der Waals surface area contributed by atoms with E-state index in [1.165, 1.54) is 24.8 Å². The number of ether oxygens (including phenoxy) is 2. The summed E-state index contributed by atoms with van der Waals surface area (Å²) in [5.41, 5.74) is 3.00. The number of hydrogen-bond acceptors (Lipinski definition) is 2. The second kappa shape index (κ2) is 9.76. The Bertz CT molecular complexity index is 394. The molecule has 126 valence electrons. The van der Waals surface area contributed by atoms with Crippen LogP contribution in [0, 0.1) is 5.92 Å². The van der Waals surface area contributed by atoms with Gasteiger partial charge in [-0.2, -0.15) is 0 Å². The van der Waals surface area contributed by atoms with Gasteiger partial charge in [-0.05, 0) is 51.9 Å². The molecule has 0 aromatic rings. The zero-order chi connectivity index (χ0) is 16.4. The van der Waals surface area contributed by atoms with Crippen LogP contribution in [0.2, 0.25) is 0 Å². The summed E-state index contributed by atoms with van der Waals surface area (Å²) in [7, 11) is 0. The van der Waals surface area contributed by atoms with Crippen molar-refractivity contribution in [3.63, 3.8) is 0 Å². The Hall–Kier alpha value is -1.18. The monoisotopic (exact) mass is 306 g/mol. The van der Waals surface area contributed by atoms with Gasteiger partial charge in [-0.3, -0.25) is 0 Å². The summed E-state index contributed by atoms with van der Waals surface area (Å²) in [4.78, 5) is 0. The zero-order valence-corrected chi connectivity index (χ0v) is 15.2. The Morgan fingerprint density at radius 1 is 1.00 bits per heavy atom. The maximum atomic E-state index is 5.45. The molecule has 2 heteroatoms. The van der Waals surface area contributed by atoms with Crippen LogP contribution >= 0.6 is 0 Å². The van der Waals surface area contributed by atoms with E-state index < -0.39 is 5.79 Å². The molecule has 0 radical (unpaired) electrons. The second-order valence-electron chi connectivity index (χ2n) is 7.11. The van der Waals surface area contributed by atoms with E-state index >= 15 is 0 Å². The fraction of sp³-hybridized carbons (Fsp3) is 0.700. The van der Waals surface area contributed by atoms with E-state index in [1.807, 2.05) is 6.92 Å². The number of allylic oxidation sites excluding steroid dienone is 4. The summed E-state index contributed by atoms with van der Waals surface area (Å²) < 4.78 is 10.9. The average Bonchev–Trinajstić information content (AvgIpc) is 2.85. The predicted molar refractivity (Wildman–Crippen MR) is 94.4 cm³/mol. The third kappa shape index (κ3) is 8.31. The van der Waals surface area contributed by atoms with Gasteiger partial charge in [0.2, 0.25) is 5.79 Å². The Morgan fingerprint density at radius 3 is 2.23 bits per heavy atom. The quantitative estimate of drug-likeness (QED) is 0.429. The zero-order valence-electron chi connectivity index (χ0n) is 15.2. The Labute approximate surface area is 137 Å². The normalized spacial score (nSPS) is 17.7. The van der Waals surface area contributed by atoms with Crippen molar-refractivity contribution in [1.29, 1.82) is 0 Å². The first-order chi connectivity index (χ1) is 10.4. The highest BCUT2D eigenvalue weighted by molar-refractivity contribution is 5.04. The van der Waals surface area contributed by atoms with Gasteiger partial charge in [-0.1, -0.05) is 43.6 Å². The van der Waals surface area contributed by atoms with Gasteiger partial charge in [0.25, 0.3) is 0 Å². The molecule has 0 spiro atoms. The molecule has 1 rings (SSSR count). The topological polar surface area (TPSA) is 18.5 Å². The molecule has 0 N–H and O–H groups in total. The summed E-state index contributed by atoms with van der Waals surface area (Å²) in [6, 6.07) is 0. The van der Waals surface area contributed by atoms with Crippen LogP contribution in [0.3, 0.4) is 0 Å². The standard InChI is InChI=1S/C20H34O2/c1-17(2)9-6-10-18(3)11-7-12-19(4)13-8-14-20(5)21-15-16-22-20/h11,13,15-17H,6-10,12,14H2,1-5H3. The maximum Gasteiger partial charge on any atom is 0.247 e. The lowest BCUT2D eigenvalue weighted by Gasteiger charge is -2.22. The van der Waals surface area contributed by atoms with Crippen molar-refractivity contribution in [2.75, 3.05) is 0 Å². The van der Waals surface area contributed by atoms with Crippen molar-refractivity contribution in [3.8, 4) is 0 Å².